The van der Waals surface area contributed by atoms with Gasteiger partial charge >= 0.3 is 5.97 Å². The van der Waals surface area contributed by atoms with Crippen molar-refractivity contribution in [3.05, 3.63) is 35.9 Å². The summed E-state index contributed by atoms with van der Waals surface area (Å²) in [4.78, 5) is 24.4. The van der Waals surface area contributed by atoms with Crippen molar-refractivity contribution in [2.45, 2.75) is 43.2 Å². The van der Waals surface area contributed by atoms with Gasteiger partial charge in [-0.05, 0) is 43.5 Å². The Bertz CT molecular complexity index is 971. The second-order valence-corrected chi connectivity index (χ2v) is 8.78. The molecule has 4 atom stereocenters. The summed E-state index contributed by atoms with van der Waals surface area (Å²) in [6.07, 6.45) is 1.59. The molecule has 0 spiro atoms. The van der Waals surface area contributed by atoms with Crippen molar-refractivity contribution in [2.75, 3.05) is 18.7 Å². The maximum Gasteiger partial charge on any atom is 0.308 e. The number of carbonyl (C=O) groups is 2. The van der Waals surface area contributed by atoms with E-state index in [1.807, 2.05) is 0 Å². The molecule has 4 unspecified atom stereocenters. The van der Waals surface area contributed by atoms with Crippen molar-refractivity contribution in [3.63, 3.8) is 0 Å². The number of carbonyl (C=O) groups excluding carboxylic acids is 2. The summed E-state index contributed by atoms with van der Waals surface area (Å²) in [7, 11) is 1.39. The Morgan fingerprint density at radius 3 is 2.84 bits per heavy atom. The molecule has 1 saturated heterocycles. The van der Waals surface area contributed by atoms with E-state index >= 15 is 0 Å². The summed E-state index contributed by atoms with van der Waals surface area (Å²) in [6, 6.07) is 5.56. The van der Waals surface area contributed by atoms with Crippen molar-refractivity contribution >= 4 is 23.6 Å². The number of nitrogens with one attached hydrogen (secondary N) is 2. The minimum atomic E-state index is -0.346. The van der Waals surface area contributed by atoms with Crippen LogP contribution in [0.2, 0.25) is 0 Å². The lowest BCUT2D eigenvalue weighted by Gasteiger charge is -2.41. The van der Waals surface area contributed by atoms with Crippen LogP contribution in [0.5, 0.6) is 5.75 Å². The predicted molar refractivity (Wildman–Crippen MR) is 113 cm³/mol. The van der Waals surface area contributed by atoms with E-state index in [4.69, 9.17) is 15.3 Å². The van der Waals surface area contributed by atoms with Gasteiger partial charge < -0.3 is 20.6 Å². The van der Waals surface area contributed by atoms with E-state index in [2.05, 4.69) is 20.8 Å². The lowest BCUT2D eigenvalue weighted by Crippen LogP contribution is -2.63. The fraction of sp³-hybridized carbons (Fsp3) is 0.500. The third kappa shape index (κ3) is 4.96. The largest absolute Gasteiger partial charge is 0.486 e. The van der Waals surface area contributed by atoms with Crippen LogP contribution in [-0.2, 0) is 20.9 Å². The van der Waals surface area contributed by atoms with Crippen molar-refractivity contribution in [1.82, 2.24) is 25.5 Å². The normalized spacial score (nSPS) is 25.0. The molecule has 1 aromatic carbocycles. The zero-order valence-corrected chi connectivity index (χ0v) is 18.3. The van der Waals surface area contributed by atoms with Gasteiger partial charge in [0.15, 0.2) is 5.82 Å². The highest BCUT2D eigenvalue weighted by Gasteiger charge is 2.42. The SMILES string of the molecule is COC(=O)C1CCC2C(=O)NC(CSc3nnc(COc4ccc(F)cc4)n3N)NC2C1. The Kier molecular flexibility index (Phi) is 6.80. The van der Waals surface area contributed by atoms with E-state index < -0.39 is 0 Å². The molecule has 1 saturated carbocycles. The van der Waals surface area contributed by atoms with E-state index in [-0.39, 0.29) is 48.3 Å². The smallest absolute Gasteiger partial charge is 0.308 e. The molecule has 12 heteroatoms. The number of thioether (sulfide) groups is 1. The Balaban J connectivity index is 1.31. The Hall–Kier alpha value is -2.86. The molecule has 1 amide bonds. The summed E-state index contributed by atoms with van der Waals surface area (Å²) in [5.41, 5.74) is 0. The van der Waals surface area contributed by atoms with Crippen molar-refractivity contribution in [2.24, 2.45) is 11.8 Å². The molecule has 0 radical (unpaired) electrons. The lowest BCUT2D eigenvalue weighted by molar-refractivity contribution is -0.149. The zero-order chi connectivity index (χ0) is 22.7. The van der Waals surface area contributed by atoms with Gasteiger partial charge in [-0.1, -0.05) is 11.8 Å². The number of nitrogens with zero attached hydrogens (tertiary/aromatic N) is 3. The monoisotopic (exact) mass is 464 g/mol. The molecule has 2 fully saturated rings. The molecule has 2 heterocycles. The van der Waals surface area contributed by atoms with E-state index in [0.29, 0.717) is 41.7 Å². The molecule has 2 aliphatic rings. The average Bonchev–Trinajstić information content (AvgIpc) is 3.15. The van der Waals surface area contributed by atoms with Crippen LogP contribution in [0, 0.1) is 17.7 Å². The lowest BCUT2D eigenvalue weighted by atomic mass is 9.76. The predicted octanol–water partition coefficient (Wildman–Crippen LogP) is 0.806. The minimum Gasteiger partial charge on any atom is -0.486 e. The van der Waals surface area contributed by atoms with Crippen LogP contribution >= 0.6 is 11.8 Å². The van der Waals surface area contributed by atoms with Gasteiger partial charge in [0.05, 0.1) is 25.1 Å². The number of hydrogen-bond donors (Lipinski definition) is 3. The van der Waals surface area contributed by atoms with Gasteiger partial charge in [-0.15, -0.1) is 10.2 Å². The second-order valence-electron chi connectivity index (χ2n) is 7.80. The molecule has 2 aromatic rings. The standard InChI is InChI=1S/C20H25FN6O4S/c1-30-19(29)11-2-7-14-15(8-11)23-16(24-18(14)28)10-32-20-26-25-17(27(20)22)9-31-13-5-3-12(21)4-6-13/h3-6,11,14-16,23H,2,7-10,22H2,1H3,(H,24,28). The summed E-state index contributed by atoms with van der Waals surface area (Å²) in [5, 5.41) is 15.0. The first-order valence-electron chi connectivity index (χ1n) is 10.3. The molecule has 1 aliphatic carbocycles. The molecular formula is C20H25FN6O4S. The Morgan fingerprint density at radius 2 is 2.09 bits per heavy atom. The van der Waals surface area contributed by atoms with Crippen LogP contribution in [0.3, 0.4) is 0 Å². The molecule has 1 aliphatic heterocycles. The van der Waals surface area contributed by atoms with Crippen LogP contribution in [0.1, 0.15) is 25.1 Å². The zero-order valence-electron chi connectivity index (χ0n) is 17.5. The third-order valence-corrected chi connectivity index (χ3v) is 6.79. The number of rotatable bonds is 7. The summed E-state index contributed by atoms with van der Waals surface area (Å²) >= 11 is 1.34. The van der Waals surface area contributed by atoms with Crippen LogP contribution in [0.4, 0.5) is 4.39 Å². The molecule has 32 heavy (non-hydrogen) atoms. The van der Waals surface area contributed by atoms with Crippen LogP contribution in [0.25, 0.3) is 0 Å². The number of nitrogens with two attached hydrogens (primary N) is 1. The number of ether oxygens (including phenoxy) is 2. The Labute approximate surface area is 188 Å². The van der Waals surface area contributed by atoms with Crippen LogP contribution < -0.4 is 21.2 Å². The first-order valence-corrected chi connectivity index (χ1v) is 11.3. The molecule has 1 aromatic heterocycles. The number of benzene rings is 1. The molecular weight excluding hydrogens is 439 g/mol. The highest BCUT2D eigenvalue weighted by Crippen LogP contribution is 2.32. The van der Waals surface area contributed by atoms with Gasteiger partial charge in [-0.3, -0.25) is 14.9 Å². The molecule has 4 N–H and O–H groups in total. The molecule has 0 bridgehead atoms. The van der Waals surface area contributed by atoms with Crippen molar-refractivity contribution in [1.29, 1.82) is 0 Å². The van der Waals surface area contributed by atoms with Crippen molar-refractivity contribution < 1.29 is 23.5 Å². The number of fused-ring (bicyclic) bond motifs is 1. The number of esters is 1. The second kappa shape index (κ2) is 9.74. The van der Waals surface area contributed by atoms with Gasteiger partial charge in [0, 0.05) is 11.8 Å². The summed E-state index contributed by atoms with van der Waals surface area (Å²) in [6.45, 7) is 0.0762. The van der Waals surface area contributed by atoms with E-state index in [9.17, 15) is 14.0 Å². The molecule has 4 rings (SSSR count). The fourth-order valence-corrected chi connectivity index (χ4v) is 4.90. The minimum absolute atomic E-state index is 0.00901. The maximum atomic E-state index is 13.0. The topological polar surface area (TPSA) is 133 Å². The average molecular weight is 465 g/mol. The van der Waals surface area contributed by atoms with Gasteiger partial charge in [0.25, 0.3) is 0 Å². The number of amides is 1. The number of aromatic nitrogens is 3. The summed E-state index contributed by atoms with van der Waals surface area (Å²) < 4.78 is 24.7. The first kappa shape index (κ1) is 22.3. The quantitative estimate of drug-likeness (QED) is 0.309. The number of methoxy groups -OCH3 is 1. The number of hydrogen-bond acceptors (Lipinski definition) is 9. The molecule has 172 valence electrons. The first-order chi connectivity index (χ1) is 15.4. The van der Waals surface area contributed by atoms with Crippen LogP contribution in [-0.4, -0.2) is 51.8 Å². The third-order valence-electron chi connectivity index (χ3n) is 5.75. The van der Waals surface area contributed by atoms with Gasteiger partial charge in [0.2, 0.25) is 11.1 Å². The highest BCUT2D eigenvalue weighted by atomic mass is 32.2. The van der Waals surface area contributed by atoms with E-state index in [1.54, 1.807) is 0 Å². The molecule has 10 nitrogen and oxygen atoms in total. The van der Waals surface area contributed by atoms with Crippen LogP contribution in [0.15, 0.2) is 29.4 Å². The maximum absolute atomic E-state index is 13.0. The van der Waals surface area contributed by atoms with Crippen molar-refractivity contribution in [3.8, 4) is 5.75 Å². The van der Waals surface area contributed by atoms with Gasteiger partial charge in [0.1, 0.15) is 18.2 Å². The fourth-order valence-electron chi connectivity index (χ4n) is 4.06. The van der Waals surface area contributed by atoms with Gasteiger partial charge in [-0.2, -0.15) is 0 Å². The van der Waals surface area contributed by atoms with Gasteiger partial charge in [-0.25, -0.2) is 9.07 Å². The summed E-state index contributed by atoms with van der Waals surface area (Å²) in [5.74, 6) is 6.54. The van der Waals surface area contributed by atoms with E-state index in [1.165, 1.54) is 47.8 Å². The number of nitrogen functional groups attached to an aromatic ring is 1. The van der Waals surface area contributed by atoms with E-state index in [0.717, 1.165) is 0 Å². The number of halogens is 1. The highest BCUT2D eigenvalue weighted by molar-refractivity contribution is 7.99. The Morgan fingerprint density at radius 1 is 1.31 bits per heavy atom.